The van der Waals surface area contributed by atoms with E-state index >= 15 is 0 Å². The second-order valence-electron chi connectivity index (χ2n) is 3.69. The molecule has 4 nitrogen and oxygen atoms in total. The van der Waals surface area contributed by atoms with Crippen LogP contribution in [0.4, 0.5) is 5.95 Å². The van der Waals surface area contributed by atoms with E-state index in [1.54, 1.807) is 12.4 Å². The highest BCUT2D eigenvalue weighted by Gasteiger charge is 2.30. The molecule has 1 aliphatic carbocycles. The molecule has 1 aromatic heterocycles. The molecule has 0 spiro atoms. The van der Waals surface area contributed by atoms with Gasteiger partial charge in [0.25, 0.3) is 0 Å². The number of aromatic nitrogens is 2. The van der Waals surface area contributed by atoms with Crippen molar-refractivity contribution in [2.24, 2.45) is 5.73 Å². The summed E-state index contributed by atoms with van der Waals surface area (Å²) in [7, 11) is 0. The molecule has 80 valence electrons. The van der Waals surface area contributed by atoms with Crippen molar-refractivity contribution >= 4 is 23.2 Å². The van der Waals surface area contributed by atoms with Gasteiger partial charge >= 0.3 is 0 Å². The average molecular weight is 222 g/mol. The fraction of sp³-hybridized carbons (Fsp3) is 0.500. The molecular weight excluding hydrogens is 208 g/mol. The number of hydrogen-bond donors (Lipinski definition) is 1. The van der Waals surface area contributed by atoms with Crippen LogP contribution < -0.4 is 10.6 Å². The lowest BCUT2D eigenvalue weighted by atomic mass is 10.4. The van der Waals surface area contributed by atoms with Crippen LogP contribution in [0.15, 0.2) is 18.5 Å². The van der Waals surface area contributed by atoms with Gasteiger partial charge in [-0.3, -0.25) is 0 Å². The van der Waals surface area contributed by atoms with Gasteiger partial charge in [-0.1, -0.05) is 12.2 Å². The van der Waals surface area contributed by atoms with Gasteiger partial charge in [-0.25, -0.2) is 9.97 Å². The van der Waals surface area contributed by atoms with E-state index in [1.807, 2.05) is 6.07 Å². The molecule has 5 heteroatoms. The van der Waals surface area contributed by atoms with Gasteiger partial charge in [0.2, 0.25) is 5.95 Å². The van der Waals surface area contributed by atoms with Gasteiger partial charge in [-0.2, -0.15) is 0 Å². The number of thiocarbonyl (C=S) groups is 1. The van der Waals surface area contributed by atoms with E-state index in [1.165, 1.54) is 12.8 Å². The molecule has 15 heavy (non-hydrogen) atoms. The van der Waals surface area contributed by atoms with Crippen LogP contribution in [0.1, 0.15) is 19.3 Å². The molecule has 0 aromatic carbocycles. The SMILES string of the molecule is NC(=S)CCN(c1ncccn1)C1CC1. The van der Waals surface area contributed by atoms with E-state index in [2.05, 4.69) is 14.9 Å². The number of nitrogens with zero attached hydrogens (tertiary/aromatic N) is 3. The van der Waals surface area contributed by atoms with Crippen LogP contribution in [0.3, 0.4) is 0 Å². The smallest absolute Gasteiger partial charge is 0.225 e. The lowest BCUT2D eigenvalue weighted by molar-refractivity contribution is 0.766. The summed E-state index contributed by atoms with van der Waals surface area (Å²) in [4.78, 5) is 11.2. The van der Waals surface area contributed by atoms with E-state index in [-0.39, 0.29) is 0 Å². The number of hydrogen-bond acceptors (Lipinski definition) is 4. The zero-order chi connectivity index (χ0) is 10.7. The van der Waals surface area contributed by atoms with E-state index in [4.69, 9.17) is 18.0 Å². The van der Waals surface area contributed by atoms with Crippen molar-refractivity contribution in [2.75, 3.05) is 11.4 Å². The highest BCUT2D eigenvalue weighted by atomic mass is 32.1. The standard InChI is InChI=1S/C10H14N4S/c11-9(15)4-7-14(8-2-3-8)10-12-5-1-6-13-10/h1,5-6,8H,2-4,7H2,(H2,11,15). The van der Waals surface area contributed by atoms with Crippen molar-refractivity contribution in [1.29, 1.82) is 0 Å². The molecule has 2 N–H and O–H groups in total. The molecule has 0 saturated heterocycles. The average Bonchev–Trinajstić information content (AvgIpc) is 3.03. The van der Waals surface area contributed by atoms with E-state index in [0.29, 0.717) is 11.0 Å². The van der Waals surface area contributed by atoms with E-state index < -0.39 is 0 Å². The third-order valence-corrected chi connectivity index (χ3v) is 2.60. The molecule has 1 fully saturated rings. The third-order valence-electron chi connectivity index (χ3n) is 2.40. The molecule has 0 amide bonds. The molecule has 1 heterocycles. The first-order chi connectivity index (χ1) is 7.27. The first kappa shape index (κ1) is 10.3. The van der Waals surface area contributed by atoms with Crippen LogP contribution in [0.5, 0.6) is 0 Å². The fourth-order valence-corrected chi connectivity index (χ4v) is 1.59. The molecule has 0 bridgehead atoms. The summed E-state index contributed by atoms with van der Waals surface area (Å²) in [5, 5.41) is 0. The van der Waals surface area contributed by atoms with Crippen LogP contribution in [0.25, 0.3) is 0 Å². The Balaban J connectivity index is 2.03. The molecule has 1 saturated carbocycles. The van der Waals surface area contributed by atoms with Crippen molar-refractivity contribution in [1.82, 2.24) is 9.97 Å². The summed E-state index contributed by atoms with van der Waals surface area (Å²) in [5.41, 5.74) is 5.50. The van der Waals surface area contributed by atoms with Gasteiger partial charge in [0.1, 0.15) is 0 Å². The minimum absolute atomic E-state index is 0.552. The Morgan fingerprint density at radius 3 is 2.67 bits per heavy atom. The number of anilines is 1. The Labute approximate surface area is 94.5 Å². The van der Waals surface area contributed by atoms with Gasteiger partial charge in [0.15, 0.2) is 0 Å². The number of nitrogens with two attached hydrogens (primary N) is 1. The molecule has 2 rings (SSSR count). The molecular formula is C10H14N4S. The van der Waals surface area contributed by atoms with Crippen LogP contribution in [-0.2, 0) is 0 Å². The maximum Gasteiger partial charge on any atom is 0.225 e. The van der Waals surface area contributed by atoms with Crippen LogP contribution in [0.2, 0.25) is 0 Å². The lowest BCUT2D eigenvalue weighted by Gasteiger charge is -2.21. The Kier molecular flexibility index (Phi) is 3.11. The molecule has 0 unspecified atom stereocenters. The Morgan fingerprint density at radius 1 is 1.47 bits per heavy atom. The molecule has 0 atom stereocenters. The van der Waals surface area contributed by atoms with Crippen molar-refractivity contribution < 1.29 is 0 Å². The lowest BCUT2D eigenvalue weighted by Crippen LogP contribution is -2.30. The summed E-state index contributed by atoms with van der Waals surface area (Å²) in [5.74, 6) is 0.788. The monoisotopic (exact) mass is 222 g/mol. The van der Waals surface area contributed by atoms with Crippen molar-refractivity contribution in [3.63, 3.8) is 0 Å². The molecule has 0 aliphatic heterocycles. The Morgan fingerprint density at radius 2 is 2.13 bits per heavy atom. The molecule has 1 aliphatic rings. The largest absolute Gasteiger partial charge is 0.393 e. The van der Waals surface area contributed by atoms with Gasteiger partial charge in [-0.05, 0) is 18.9 Å². The van der Waals surface area contributed by atoms with E-state index in [0.717, 1.165) is 18.9 Å². The summed E-state index contributed by atoms with van der Waals surface area (Å²) in [6.07, 6.45) is 6.69. The summed E-state index contributed by atoms with van der Waals surface area (Å²) >= 11 is 4.88. The van der Waals surface area contributed by atoms with Gasteiger partial charge in [0.05, 0.1) is 4.99 Å². The predicted molar refractivity (Wildman–Crippen MR) is 63.8 cm³/mol. The topological polar surface area (TPSA) is 55.0 Å². The maximum absolute atomic E-state index is 5.50. The molecule has 1 aromatic rings. The second-order valence-corrected chi connectivity index (χ2v) is 4.21. The minimum atomic E-state index is 0.552. The third kappa shape index (κ3) is 2.86. The van der Waals surface area contributed by atoms with Gasteiger partial charge < -0.3 is 10.6 Å². The quantitative estimate of drug-likeness (QED) is 0.757. The van der Waals surface area contributed by atoms with Gasteiger partial charge in [0, 0.05) is 31.4 Å². The summed E-state index contributed by atoms with van der Waals surface area (Å²) < 4.78 is 0. The zero-order valence-corrected chi connectivity index (χ0v) is 9.28. The van der Waals surface area contributed by atoms with Crippen LogP contribution in [-0.4, -0.2) is 27.5 Å². The molecule has 0 radical (unpaired) electrons. The van der Waals surface area contributed by atoms with Crippen LogP contribution >= 0.6 is 12.2 Å². The zero-order valence-electron chi connectivity index (χ0n) is 8.47. The van der Waals surface area contributed by atoms with Gasteiger partial charge in [-0.15, -0.1) is 0 Å². The summed E-state index contributed by atoms with van der Waals surface area (Å²) in [6.45, 7) is 0.823. The Hall–Kier alpha value is -1.23. The van der Waals surface area contributed by atoms with Crippen molar-refractivity contribution in [3.8, 4) is 0 Å². The first-order valence-electron chi connectivity index (χ1n) is 5.09. The van der Waals surface area contributed by atoms with Crippen molar-refractivity contribution in [3.05, 3.63) is 18.5 Å². The second kappa shape index (κ2) is 4.53. The van der Waals surface area contributed by atoms with Crippen LogP contribution in [0, 0.1) is 0 Å². The Bertz CT molecular complexity index is 337. The van der Waals surface area contributed by atoms with Crippen molar-refractivity contribution in [2.45, 2.75) is 25.3 Å². The minimum Gasteiger partial charge on any atom is -0.393 e. The first-order valence-corrected chi connectivity index (χ1v) is 5.50. The maximum atomic E-state index is 5.50. The highest BCUT2D eigenvalue weighted by Crippen LogP contribution is 2.29. The number of rotatable bonds is 5. The fourth-order valence-electron chi connectivity index (χ4n) is 1.50. The highest BCUT2D eigenvalue weighted by molar-refractivity contribution is 7.80. The predicted octanol–water partition coefficient (Wildman–Crippen LogP) is 1.12. The normalized spacial score (nSPS) is 14.9. The summed E-state index contributed by atoms with van der Waals surface area (Å²) in [6, 6.07) is 2.41. The van der Waals surface area contributed by atoms with E-state index in [9.17, 15) is 0 Å².